The number of hydrogen-bond acceptors (Lipinski definition) is 3. The molecular formula is C14H15Cl2N3O. The molecule has 1 heterocycles. The number of hydrogen-bond donors (Lipinski definition) is 1. The smallest absolute Gasteiger partial charge is 0.276 e. The van der Waals surface area contributed by atoms with Gasteiger partial charge in [0.25, 0.3) is 5.56 Å². The maximum absolute atomic E-state index is 11.7. The summed E-state index contributed by atoms with van der Waals surface area (Å²) in [7, 11) is 0. The van der Waals surface area contributed by atoms with Crippen molar-refractivity contribution in [1.29, 1.82) is 0 Å². The molecule has 0 atom stereocenters. The molecule has 2 N–H and O–H groups in total. The highest BCUT2D eigenvalue weighted by Gasteiger charge is 2.10. The van der Waals surface area contributed by atoms with Gasteiger partial charge in [-0.2, -0.15) is 4.98 Å². The molecule has 0 aliphatic carbocycles. The summed E-state index contributed by atoms with van der Waals surface area (Å²) in [4.78, 5) is 15.5. The summed E-state index contributed by atoms with van der Waals surface area (Å²) in [6, 6.07) is 3.31. The Hall–Kier alpha value is -1.52. The number of benzene rings is 1. The zero-order valence-corrected chi connectivity index (χ0v) is 12.7. The molecule has 2 rings (SSSR count). The van der Waals surface area contributed by atoms with Crippen LogP contribution < -0.4 is 11.3 Å². The lowest BCUT2D eigenvalue weighted by atomic mass is 10.1. The molecule has 0 saturated heterocycles. The molecule has 0 aliphatic rings. The second-order valence-corrected chi connectivity index (χ2v) is 5.74. The molecule has 0 aliphatic heterocycles. The predicted molar refractivity (Wildman–Crippen MR) is 82.6 cm³/mol. The normalized spacial score (nSPS) is 11.1. The van der Waals surface area contributed by atoms with Gasteiger partial charge < -0.3 is 10.3 Å². The standard InChI is InChI=1S/C14H15Cl2N3O/c1-8(2)10-5-19(7-18-14(10)20)6-11-12(15)3-9(17)4-13(11)16/h3-5,7-8H,6,17H2,1-2H3. The number of anilines is 1. The highest BCUT2D eigenvalue weighted by Crippen LogP contribution is 2.28. The minimum absolute atomic E-state index is 0.111. The van der Waals surface area contributed by atoms with E-state index in [2.05, 4.69) is 4.98 Å². The van der Waals surface area contributed by atoms with Crippen LogP contribution in [0.25, 0.3) is 0 Å². The zero-order chi connectivity index (χ0) is 14.9. The third kappa shape index (κ3) is 3.14. The fourth-order valence-corrected chi connectivity index (χ4v) is 2.53. The molecule has 0 saturated carbocycles. The number of nitrogens with zero attached hydrogens (tertiary/aromatic N) is 2. The molecule has 4 nitrogen and oxygen atoms in total. The van der Waals surface area contributed by atoms with Crippen molar-refractivity contribution in [2.24, 2.45) is 0 Å². The summed E-state index contributed by atoms with van der Waals surface area (Å²) in [5.41, 5.74) is 7.41. The summed E-state index contributed by atoms with van der Waals surface area (Å²) < 4.78 is 1.79. The lowest BCUT2D eigenvalue weighted by Gasteiger charge is -2.12. The largest absolute Gasteiger partial charge is 0.399 e. The number of nitrogens with two attached hydrogens (primary N) is 1. The van der Waals surface area contributed by atoms with Crippen LogP contribution in [0.3, 0.4) is 0 Å². The van der Waals surface area contributed by atoms with Crippen molar-refractivity contribution in [3.05, 3.63) is 56.2 Å². The minimum Gasteiger partial charge on any atom is -0.399 e. The van der Waals surface area contributed by atoms with Crippen LogP contribution >= 0.6 is 23.2 Å². The lowest BCUT2D eigenvalue weighted by Crippen LogP contribution is -2.17. The third-order valence-electron chi connectivity index (χ3n) is 3.00. The van der Waals surface area contributed by atoms with Crippen LogP contribution in [0.5, 0.6) is 0 Å². The number of halogens is 2. The van der Waals surface area contributed by atoms with Gasteiger partial charge in [0, 0.05) is 33.1 Å². The number of aromatic nitrogens is 2. The Balaban J connectivity index is 2.41. The molecule has 6 heteroatoms. The molecule has 0 spiro atoms. The fraction of sp³-hybridized carbons (Fsp3) is 0.286. The summed E-state index contributed by atoms with van der Waals surface area (Å²) in [5.74, 6) is 0.111. The Bertz CT molecular complexity index is 672. The van der Waals surface area contributed by atoms with Crippen LogP contribution in [-0.2, 0) is 6.54 Å². The lowest BCUT2D eigenvalue weighted by molar-refractivity contribution is 0.722. The van der Waals surface area contributed by atoms with E-state index in [1.54, 1.807) is 22.9 Å². The summed E-state index contributed by atoms with van der Waals surface area (Å²) in [5, 5.41) is 1.000. The van der Waals surface area contributed by atoms with Crippen LogP contribution in [0.2, 0.25) is 10.0 Å². The average molecular weight is 312 g/mol. The van der Waals surface area contributed by atoms with E-state index in [1.165, 1.54) is 6.33 Å². The first-order chi connectivity index (χ1) is 9.38. The molecule has 106 valence electrons. The van der Waals surface area contributed by atoms with Crippen LogP contribution in [0.4, 0.5) is 5.69 Å². The molecule has 0 bridgehead atoms. The van der Waals surface area contributed by atoms with Gasteiger partial charge >= 0.3 is 0 Å². The number of rotatable bonds is 3. The maximum atomic E-state index is 11.7. The first-order valence-electron chi connectivity index (χ1n) is 6.18. The van der Waals surface area contributed by atoms with Gasteiger partial charge in [-0.05, 0) is 18.1 Å². The van der Waals surface area contributed by atoms with Gasteiger partial charge in [0.1, 0.15) is 0 Å². The minimum atomic E-state index is -0.203. The van der Waals surface area contributed by atoms with Crippen molar-refractivity contribution in [3.8, 4) is 0 Å². The van der Waals surface area contributed by atoms with Gasteiger partial charge in [-0.15, -0.1) is 0 Å². The Labute approximate surface area is 127 Å². The van der Waals surface area contributed by atoms with Crippen LogP contribution in [-0.4, -0.2) is 9.55 Å². The molecule has 1 aromatic heterocycles. The third-order valence-corrected chi connectivity index (χ3v) is 3.68. The zero-order valence-electron chi connectivity index (χ0n) is 11.2. The van der Waals surface area contributed by atoms with Gasteiger partial charge in [-0.1, -0.05) is 37.0 Å². The molecule has 1 aromatic carbocycles. The van der Waals surface area contributed by atoms with E-state index in [9.17, 15) is 4.79 Å². The van der Waals surface area contributed by atoms with E-state index >= 15 is 0 Å². The Kier molecular flexibility index (Phi) is 4.35. The van der Waals surface area contributed by atoms with E-state index in [-0.39, 0.29) is 11.5 Å². The first-order valence-corrected chi connectivity index (χ1v) is 6.93. The average Bonchev–Trinajstić information content (AvgIpc) is 2.35. The Morgan fingerprint density at radius 2 is 1.90 bits per heavy atom. The quantitative estimate of drug-likeness (QED) is 0.885. The Morgan fingerprint density at radius 3 is 2.45 bits per heavy atom. The second-order valence-electron chi connectivity index (χ2n) is 4.92. The molecule has 2 aromatic rings. The van der Waals surface area contributed by atoms with E-state index in [1.807, 2.05) is 13.8 Å². The molecule has 0 amide bonds. The molecular weight excluding hydrogens is 297 g/mol. The van der Waals surface area contributed by atoms with Crippen molar-refractivity contribution in [3.63, 3.8) is 0 Å². The van der Waals surface area contributed by atoms with Gasteiger partial charge in [-0.25, -0.2) is 0 Å². The van der Waals surface area contributed by atoms with E-state index < -0.39 is 0 Å². The van der Waals surface area contributed by atoms with E-state index in [0.29, 0.717) is 27.8 Å². The van der Waals surface area contributed by atoms with Crippen molar-refractivity contribution in [2.45, 2.75) is 26.3 Å². The van der Waals surface area contributed by atoms with Gasteiger partial charge in [0.15, 0.2) is 0 Å². The summed E-state index contributed by atoms with van der Waals surface area (Å²) in [6.45, 7) is 4.34. The highest BCUT2D eigenvalue weighted by atomic mass is 35.5. The topological polar surface area (TPSA) is 60.9 Å². The SMILES string of the molecule is CC(C)c1cn(Cc2c(Cl)cc(N)cc2Cl)cnc1=O. The van der Waals surface area contributed by atoms with Crippen molar-refractivity contribution >= 4 is 28.9 Å². The second kappa shape index (κ2) is 5.85. The van der Waals surface area contributed by atoms with E-state index in [4.69, 9.17) is 28.9 Å². The first kappa shape index (κ1) is 14.9. The number of nitrogen functional groups attached to an aromatic ring is 1. The van der Waals surface area contributed by atoms with Crippen molar-refractivity contribution < 1.29 is 0 Å². The highest BCUT2D eigenvalue weighted by molar-refractivity contribution is 6.36. The molecule has 0 radical (unpaired) electrons. The molecule has 0 unspecified atom stereocenters. The Morgan fingerprint density at radius 1 is 1.30 bits per heavy atom. The van der Waals surface area contributed by atoms with Gasteiger partial charge in [0.05, 0.1) is 12.9 Å². The summed E-state index contributed by atoms with van der Waals surface area (Å²) in [6.07, 6.45) is 3.26. The predicted octanol–water partition coefficient (Wildman–Crippen LogP) is 3.30. The summed E-state index contributed by atoms with van der Waals surface area (Å²) >= 11 is 12.3. The van der Waals surface area contributed by atoms with Crippen molar-refractivity contribution in [1.82, 2.24) is 9.55 Å². The van der Waals surface area contributed by atoms with Crippen LogP contribution in [0, 0.1) is 0 Å². The molecule has 0 fully saturated rings. The van der Waals surface area contributed by atoms with Gasteiger partial charge in [0.2, 0.25) is 0 Å². The molecule has 20 heavy (non-hydrogen) atoms. The van der Waals surface area contributed by atoms with Crippen molar-refractivity contribution in [2.75, 3.05) is 5.73 Å². The van der Waals surface area contributed by atoms with E-state index in [0.717, 1.165) is 5.56 Å². The van der Waals surface area contributed by atoms with Gasteiger partial charge in [-0.3, -0.25) is 4.79 Å². The maximum Gasteiger partial charge on any atom is 0.276 e. The monoisotopic (exact) mass is 311 g/mol. The fourth-order valence-electron chi connectivity index (χ4n) is 1.91. The van der Waals surface area contributed by atoms with Crippen LogP contribution in [0.1, 0.15) is 30.9 Å². The van der Waals surface area contributed by atoms with Crippen LogP contribution in [0.15, 0.2) is 29.5 Å².